The van der Waals surface area contributed by atoms with Gasteiger partial charge in [0.1, 0.15) is 5.75 Å². The second-order valence-corrected chi connectivity index (χ2v) is 8.24. The zero-order valence-corrected chi connectivity index (χ0v) is 17.4. The molecule has 0 spiro atoms. The standard InChI is InChI=1S/C23H30N4O2/c1-26-10-6-18(7-11-26)23(28)27-12-8-17(9-13-27)21-15-24-16-22(25-21)19-4-3-5-20(14-19)29-2/h3-5,14-18H,6-13H2,1-2H3. The number of hydrogen-bond donors (Lipinski definition) is 0. The maximum atomic E-state index is 12.9. The van der Waals surface area contributed by atoms with Gasteiger partial charge >= 0.3 is 0 Å². The Morgan fingerprint density at radius 1 is 1.07 bits per heavy atom. The Kier molecular flexibility index (Phi) is 6.09. The van der Waals surface area contributed by atoms with Gasteiger partial charge < -0.3 is 14.5 Å². The number of aromatic nitrogens is 2. The summed E-state index contributed by atoms with van der Waals surface area (Å²) in [6.45, 7) is 3.70. The van der Waals surface area contributed by atoms with E-state index in [0.717, 1.165) is 74.6 Å². The van der Waals surface area contributed by atoms with Crippen LogP contribution >= 0.6 is 0 Å². The molecule has 1 aromatic heterocycles. The van der Waals surface area contributed by atoms with E-state index in [1.807, 2.05) is 30.5 Å². The second kappa shape index (κ2) is 8.91. The first-order valence-electron chi connectivity index (χ1n) is 10.6. The topological polar surface area (TPSA) is 58.6 Å². The highest BCUT2D eigenvalue weighted by Crippen LogP contribution is 2.30. The summed E-state index contributed by atoms with van der Waals surface area (Å²) >= 11 is 0. The maximum Gasteiger partial charge on any atom is 0.225 e. The highest BCUT2D eigenvalue weighted by molar-refractivity contribution is 5.79. The van der Waals surface area contributed by atoms with Crippen molar-refractivity contribution >= 4 is 5.91 Å². The van der Waals surface area contributed by atoms with Crippen LogP contribution in [0.1, 0.15) is 37.3 Å². The van der Waals surface area contributed by atoms with Crippen LogP contribution in [-0.4, -0.2) is 66.0 Å². The molecule has 2 aliphatic heterocycles. The quantitative estimate of drug-likeness (QED) is 0.797. The minimum Gasteiger partial charge on any atom is -0.497 e. The highest BCUT2D eigenvalue weighted by Gasteiger charge is 2.31. The van der Waals surface area contributed by atoms with E-state index in [1.165, 1.54) is 0 Å². The van der Waals surface area contributed by atoms with Gasteiger partial charge in [-0.15, -0.1) is 0 Å². The summed E-state index contributed by atoms with van der Waals surface area (Å²) in [6.07, 6.45) is 7.57. The van der Waals surface area contributed by atoms with Gasteiger partial charge in [-0.2, -0.15) is 0 Å². The first-order valence-corrected chi connectivity index (χ1v) is 10.6. The summed E-state index contributed by atoms with van der Waals surface area (Å²) in [5.74, 6) is 1.73. The molecule has 1 amide bonds. The number of carbonyl (C=O) groups is 1. The number of amides is 1. The number of carbonyl (C=O) groups excluding carboxylic acids is 1. The summed E-state index contributed by atoms with van der Waals surface area (Å²) in [5, 5.41) is 0. The van der Waals surface area contributed by atoms with Gasteiger partial charge in [0.2, 0.25) is 5.91 Å². The number of nitrogens with zero attached hydrogens (tertiary/aromatic N) is 4. The van der Waals surface area contributed by atoms with Crippen molar-refractivity contribution < 1.29 is 9.53 Å². The number of rotatable bonds is 4. The highest BCUT2D eigenvalue weighted by atomic mass is 16.5. The average molecular weight is 395 g/mol. The monoisotopic (exact) mass is 394 g/mol. The van der Waals surface area contributed by atoms with Crippen LogP contribution in [0.15, 0.2) is 36.7 Å². The van der Waals surface area contributed by atoms with Crippen LogP contribution in [0.5, 0.6) is 5.75 Å². The molecule has 2 fully saturated rings. The molecule has 4 rings (SSSR count). The zero-order valence-electron chi connectivity index (χ0n) is 17.4. The third-order valence-electron chi connectivity index (χ3n) is 6.31. The Bertz CT molecular complexity index is 840. The molecule has 6 nitrogen and oxygen atoms in total. The summed E-state index contributed by atoms with van der Waals surface area (Å²) in [6, 6.07) is 7.91. The fourth-order valence-corrected chi connectivity index (χ4v) is 4.41. The minimum absolute atomic E-state index is 0.207. The average Bonchev–Trinajstić information content (AvgIpc) is 2.79. The lowest BCUT2D eigenvalue weighted by Gasteiger charge is -2.36. The molecule has 0 N–H and O–H groups in total. The van der Waals surface area contributed by atoms with Crippen molar-refractivity contribution in [3.8, 4) is 17.0 Å². The molecule has 3 heterocycles. The van der Waals surface area contributed by atoms with Crippen molar-refractivity contribution in [3.63, 3.8) is 0 Å². The van der Waals surface area contributed by atoms with Crippen LogP contribution in [0.3, 0.4) is 0 Å². The van der Waals surface area contributed by atoms with Gasteiger partial charge in [-0.05, 0) is 58.0 Å². The Labute approximate surface area is 172 Å². The number of piperidine rings is 2. The van der Waals surface area contributed by atoms with Crippen LogP contribution in [0.2, 0.25) is 0 Å². The molecular formula is C23H30N4O2. The fourth-order valence-electron chi connectivity index (χ4n) is 4.41. The van der Waals surface area contributed by atoms with Gasteiger partial charge in [0, 0.05) is 36.7 Å². The zero-order chi connectivity index (χ0) is 20.2. The Morgan fingerprint density at radius 2 is 1.83 bits per heavy atom. The van der Waals surface area contributed by atoms with Crippen molar-refractivity contribution in [1.82, 2.24) is 19.8 Å². The predicted molar refractivity (Wildman–Crippen MR) is 113 cm³/mol. The van der Waals surface area contributed by atoms with E-state index in [9.17, 15) is 4.79 Å². The number of hydrogen-bond acceptors (Lipinski definition) is 5. The summed E-state index contributed by atoms with van der Waals surface area (Å²) in [7, 11) is 3.80. The minimum atomic E-state index is 0.207. The lowest BCUT2D eigenvalue weighted by atomic mass is 9.90. The molecule has 2 aromatic rings. The van der Waals surface area contributed by atoms with Crippen LogP contribution in [0.25, 0.3) is 11.3 Å². The molecule has 2 aliphatic rings. The number of methoxy groups -OCH3 is 1. The Morgan fingerprint density at radius 3 is 2.55 bits per heavy atom. The lowest BCUT2D eigenvalue weighted by molar-refractivity contribution is -0.138. The molecular weight excluding hydrogens is 364 g/mol. The van der Waals surface area contributed by atoms with Gasteiger partial charge in [0.25, 0.3) is 0 Å². The largest absolute Gasteiger partial charge is 0.497 e. The van der Waals surface area contributed by atoms with E-state index < -0.39 is 0 Å². The van der Waals surface area contributed by atoms with E-state index in [4.69, 9.17) is 9.72 Å². The van der Waals surface area contributed by atoms with E-state index in [0.29, 0.717) is 11.8 Å². The smallest absolute Gasteiger partial charge is 0.225 e. The first-order chi connectivity index (χ1) is 14.1. The van der Waals surface area contributed by atoms with Crippen molar-refractivity contribution in [2.24, 2.45) is 5.92 Å². The first kappa shape index (κ1) is 19.8. The maximum absolute atomic E-state index is 12.9. The summed E-state index contributed by atoms with van der Waals surface area (Å²) in [4.78, 5) is 26.6. The molecule has 1 aromatic carbocycles. The van der Waals surface area contributed by atoms with Gasteiger partial charge in [-0.25, -0.2) is 4.98 Å². The van der Waals surface area contributed by atoms with Crippen LogP contribution in [0, 0.1) is 5.92 Å². The van der Waals surface area contributed by atoms with E-state index in [1.54, 1.807) is 13.3 Å². The molecule has 0 saturated carbocycles. The van der Waals surface area contributed by atoms with Crippen molar-refractivity contribution in [2.45, 2.75) is 31.6 Å². The predicted octanol–water partition coefficient (Wildman–Crippen LogP) is 3.20. The molecule has 29 heavy (non-hydrogen) atoms. The summed E-state index contributed by atoms with van der Waals surface area (Å²) in [5.41, 5.74) is 2.90. The number of ether oxygens (including phenoxy) is 1. The molecule has 0 aliphatic carbocycles. The molecule has 0 unspecified atom stereocenters. The van der Waals surface area contributed by atoms with Crippen LogP contribution in [0.4, 0.5) is 0 Å². The molecule has 2 saturated heterocycles. The van der Waals surface area contributed by atoms with Crippen molar-refractivity contribution in [1.29, 1.82) is 0 Å². The molecule has 154 valence electrons. The molecule has 0 bridgehead atoms. The number of likely N-dealkylation sites (tertiary alicyclic amines) is 2. The second-order valence-electron chi connectivity index (χ2n) is 8.24. The van der Waals surface area contributed by atoms with E-state index >= 15 is 0 Å². The van der Waals surface area contributed by atoms with Crippen molar-refractivity contribution in [3.05, 3.63) is 42.4 Å². The van der Waals surface area contributed by atoms with Crippen LogP contribution < -0.4 is 4.74 Å². The third-order valence-corrected chi connectivity index (χ3v) is 6.31. The third kappa shape index (κ3) is 4.58. The van der Waals surface area contributed by atoms with E-state index in [-0.39, 0.29) is 5.92 Å². The van der Waals surface area contributed by atoms with Gasteiger partial charge in [-0.3, -0.25) is 9.78 Å². The molecule has 6 heteroatoms. The Balaban J connectivity index is 1.39. The summed E-state index contributed by atoms with van der Waals surface area (Å²) < 4.78 is 5.32. The van der Waals surface area contributed by atoms with E-state index in [2.05, 4.69) is 21.8 Å². The molecule has 0 radical (unpaired) electrons. The van der Waals surface area contributed by atoms with Crippen LogP contribution in [-0.2, 0) is 4.79 Å². The lowest BCUT2D eigenvalue weighted by Crippen LogP contribution is -2.44. The SMILES string of the molecule is COc1cccc(-c2cncc(C3CCN(C(=O)C4CCN(C)CC4)CC3)n2)c1. The van der Waals surface area contributed by atoms with Gasteiger partial charge in [0.05, 0.1) is 24.7 Å². The number of benzene rings is 1. The Hall–Kier alpha value is -2.47. The molecule has 0 atom stereocenters. The van der Waals surface area contributed by atoms with Gasteiger partial charge in [-0.1, -0.05) is 12.1 Å². The van der Waals surface area contributed by atoms with Gasteiger partial charge in [0.15, 0.2) is 0 Å². The van der Waals surface area contributed by atoms with Crippen molar-refractivity contribution in [2.75, 3.05) is 40.3 Å². The fraction of sp³-hybridized carbons (Fsp3) is 0.522. The normalized spacial score (nSPS) is 19.3.